The molecular weight excluding hydrogens is 275 g/mol. The number of hydrogen-bond donors (Lipinski definition) is 2. The van der Waals surface area contributed by atoms with Gasteiger partial charge in [-0.05, 0) is 19.3 Å². The monoisotopic (exact) mass is 295 g/mol. The van der Waals surface area contributed by atoms with Crippen molar-refractivity contribution in [2.45, 2.75) is 57.7 Å². The number of aliphatic carboxylic acids is 1. The zero-order chi connectivity index (χ0) is 15.3. The Morgan fingerprint density at radius 1 is 1.30 bits per heavy atom. The molecule has 0 aromatic carbocycles. The van der Waals surface area contributed by atoms with E-state index in [1.165, 1.54) is 0 Å². The molecule has 1 aliphatic rings. The van der Waals surface area contributed by atoms with Crippen molar-refractivity contribution in [2.75, 3.05) is 0 Å². The van der Waals surface area contributed by atoms with Gasteiger partial charge in [0.2, 0.25) is 5.91 Å². The van der Waals surface area contributed by atoms with Crippen LogP contribution in [0.5, 0.6) is 0 Å². The first-order chi connectivity index (χ1) is 9.25. The summed E-state index contributed by atoms with van der Waals surface area (Å²) in [5.74, 6) is -4.45. The van der Waals surface area contributed by atoms with E-state index in [2.05, 4.69) is 5.32 Å². The molecule has 1 fully saturated rings. The molecule has 0 aromatic heterocycles. The van der Waals surface area contributed by atoms with Crippen LogP contribution in [0.1, 0.15) is 45.4 Å². The van der Waals surface area contributed by atoms with E-state index in [4.69, 9.17) is 5.11 Å². The Hall–Kier alpha value is -1.27. The van der Waals surface area contributed by atoms with Crippen molar-refractivity contribution < 1.29 is 27.9 Å². The summed E-state index contributed by atoms with van der Waals surface area (Å²) < 4.78 is 38.7. The van der Waals surface area contributed by atoms with E-state index in [9.17, 15) is 22.8 Å². The number of hydrogen-bond acceptors (Lipinski definition) is 2. The second-order valence-electron chi connectivity index (χ2n) is 5.25. The number of carbonyl (C=O) groups is 2. The summed E-state index contributed by atoms with van der Waals surface area (Å²) in [5, 5.41) is 11.1. The minimum Gasteiger partial charge on any atom is -0.481 e. The molecule has 116 valence electrons. The molecular formula is C13H20F3NO3. The molecule has 3 unspecified atom stereocenters. The molecule has 2 N–H and O–H groups in total. The smallest absolute Gasteiger partial charge is 0.392 e. The Morgan fingerprint density at radius 2 is 1.90 bits per heavy atom. The van der Waals surface area contributed by atoms with E-state index in [-0.39, 0.29) is 19.3 Å². The second kappa shape index (κ2) is 6.95. The van der Waals surface area contributed by atoms with Crippen LogP contribution in [0.2, 0.25) is 0 Å². The van der Waals surface area contributed by atoms with Crippen molar-refractivity contribution in [3.8, 4) is 0 Å². The molecule has 0 saturated heterocycles. The summed E-state index contributed by atoms with van der Waals surface area (Å²) in [7, 11) is 0. The van der Waals surface area contributed by atoms with Gasteiger partial charge >= 0.3 is 12.1 Å². The van der Waals surface area contributed by atoms with Gasteiger partial charge in [0.25, 0.3) is 0 Å². The third-order valence-corrected chi connectivity index (χ3v) is 3.78. The van der Waals surface area contributed by atoms with Gasteiger partial charge in [-0.25, -0.2) is 0 Å². The van der Waals surface area contributed by atoms with Crippen LogP contribution in [0, 0.1) is 11.8 Å². The molecule has 1 amide bonds. The Morgan fingerprint density at radius 3 is 2.40 bits per heavy atom. The average Bonchev–Trinajstić information content (AvgIpc) is 2.36. The largest absolute Gasteiger partial charge is 0.481 e. The van der Waals surface area contributed by atoms with Gasteiger partial charge in [-0.1, -0.05) is 19.8 Å². The van der Waals surface area contributed by atoms with E-state index in [0.29, 0.717) is 19.3 Å². The third kappa shape index (κ3) is 4.68. The maximum atomic E-state index is 12.9. The number of halogens is 3. The van der Waals surface area contributed by atoms with Crippen LogP contribution in [0.4, 0.5) is 13.2 Å². The molecule has 0 radical (unpaired) electrons. The van der Waals surface area contributed by atoms with Gasteiger partial charge in [0, 0.05) is 12.0 Å². The Balaban J connectivity index is 2.70. The maximum absolute atomic E-state index is 12.9. The molecule has 0 aromatic rings. The zero-order valence-corrected chi connectivity index (χ0v) is 11.4. The lowest BCUT2D eigenvalue weighted by Gasteiger charge is -2.32. The number of carboxylic acid groups (broad SMARTS) is 1. The minimum absolute atomic E-state index is 0.0304. The number of carbonyl (C=O) groups excluding carboxylic acids is 1. The third-order valence-electron chi connectivity index (χ3n) is 3.78. The Labute approximate surface area is 115 Å². The van der Waals surface area contributed by atoms with Gasteiger partial charge in [-0.15, -0.1) is 0 Å². The topological polar surface area (TPSA) is 66.4 Å². The predicted octanol–water partition coefficient (Wildman–Crippen LogP) is 2.72. The number of nitrogens with one attached hydrogen (secondary N) is 1. The summed E-state index contributed by atoms with van der Waals surface area (Å²) in [5.41, 5.74) is 0. The average molecular weight is 295 g/mol. The quantitative estimate of drug-likeness (QED) is 0.819. The van der Waals surface area contributed by atoms with E-state index in [1.54, 1.807) is 6.92 Å². The summed E-state index contributed by atoms with van der Waals surface area (Å²) in [6.45, 7) is 1.69. The lowest BCUT2D eigenvalue weighted by Crippen LogP contribution is -2.46. The minimum atomic E-state index is -4.38. The number of alkyl halides is 3. The molecule has 0 bridgehead atoms. The first-order valence-electron chi connectivity index (χ1n) is 6.84. The molecule has 1 saturated carbocycles. The molecule has 1 rings (SSSR count). The van der Waals surface area contributed by atoms with Crippen LogP contribution >= 0.6 is 0 Å². The number of amides is 1. The van der Waals surface area contributed by atoms with Gasteiger partial charge in [0.15, 0.2) is 0 Å². The first-order valence-corrected chi connectivity index (χ1v) is 6.84. The van der Waals surface area contributed by atoms with Crippen LogP contribution in [0.25, 0.3) is 0 Å². The highest BCUT2D eigenvalue weighted by Crippen LogP contribution is 2.41. The van der Waals surface area contributed by atoms with Crippen LogP contribution in [-0.4, -0.2) is 29.2 Å². The highest BCUT2D eigenvalue weighted by atomic mass is 19.4. The van der Waals surface area contributed by atoms with Gasteiger partial charge in [0.05, 0.1) is 12.3 Å². The summed E-state index contributed by atoms with van der Waals surface area (Å²) in [4.78, 5) is 22.6. The molecule has 4 nitrogen and oxygen atoms in total. The number of rotatable bonds is 5. The summed E-state index contributed by atoms with van der Waals surface area (Å²) in [6.07, 6.45) is -3.03. The fourth-order valence-corrected chi connectivity index (χ4v) is 2.65. The second-order valence-corrected chi connectivity index (χ2v) is 5.25. The van der Waals surface area contributed by atoms with Gasteiger partial charge < -0.3 is 10.4 Å². The predicted molar refractivity (Wildman–Crippen MR) is 66.0 cm³/mol. The zero-order valence-electron chi connectivity index (χ0n) is 11.4. The van der Waals surface area contributed by atoms with E-state index in [0.717, 1.165) is 0 Å². The summed E-state index contributed by atoms with van der Waals surface area (Å²) in [6, 6.07) is -0.615. The van der Waals surface area contributed by atoms with Crippen molar-refractivity contribution >= 4 is 11.9 Å². The SMILES string of the molecule is CCC(CC(=O)O)NC(=O)C1CCCCC1C(F)(F)F. The van der Waals surface area contributed by atoms with Gasteiger partial charge in [-0.3, -0.25) is 9.59 Å². The standard InChI is InChI=1S/C13H20F3NO3/c1-2-8(7-11(18)19)17-12(20)9-5-3-4-6-10(9)13(14,15)16/h8-10H,2-7H2,1H3,(H,17,20)(H,18,19). The van der Waals surface area contributed by atoms with Gasteiger partial charge in [-0.2, -0.15) is 13.2 Å². The molecule has 20 heavy (non-hydrogen) atoms. The first kappa shape index (κ1) is 16.8. The molecule has 0 aliphatic heterocycles. The van der Waals surface area contributed by atoms with Gasteiger partial charge in [0.1, 0.15) is 0 Å². The molecule has 1 aliphatic carbocycles. The van der Waals surface area contributed by atoms with E-state index < -0.39 is 35.9 Å². The molecule has 0 spiro atoms. The Bertz CT molecular complexity index is 357. The normalized spacial score (nSPS) is 25.0. The van der Waals surface area contributed by atoms with E-state index in [1.807, 2.05) is 0 Å². The van der Waals surface area contributed by atoms with Crippen LogP contribution in [-0.2, 0) is 9.59 Å². The van der Waals surface area contributed by atoms with Crippen LogP contribution in [0.15, 0.2) is 0 Å². The fraction of sp³-hybridized carbons (Fsp3) is 0.846. The van der Waals surface area contributed by atoms with Crippen LogP contribution < -0.4 is 5.32 Å². The van der Waals surface area contributed by atoms with Crippen molar-refractivity contribution in [1.29, 1.82) is 0 Å². The number of carboxylic acids is 1. The fourth-order valence-electron chi connectivity index (χ4n) is 2.65. The van der Waals surface area contributed by atoms with Crippen molar-refractivity contribution in [3.63, 3.8) is 0 Å². The molecule has 3 atom stereocenters. The summed E-state index contributed by atoms with van der Waals surface area (Å²) >= 11 is 0. The molecule has 7 heteroatoms. The van der Waals surface area contributed by atoms with Crippen LogP contribution in [0.3, 0.4) is 0 Å². The van der Waals surface area contributed by atoms with E-state index >= 15 is 0 Å². The highest BCUT2D eigenvalue weighted by Gasteiger charge is 2.48. The van der Waals surface area contributed by atoms with Crippen molar-refractivity contribution in [2.24, 2.45) is 11.8 Å². The Kier molecular flexibility index (Phi) is 5.83. The lowest BCUT2D eigenvalue weighted by atomic mass is 9.78. The van der Waals surface area contributed by atoms with Crippen molar-refractivity contribution in [3.05, 3.63) is 0 Å². The van der Waals surface area contributed by atoms with Crippen molar-refractivity contribution in [1.82, 2.24) is 5.32 Å². The highest BCUT2D eigenvalue weighted by molar-refractivity contribution is 5.80. The molecule has 0 heterocycles. The lowest BCUT2D eigenvalue weighted by molar-refractivity contribution is -0.198. The maximum Gasteiger partial charge on any atom is 0.392 e.